The van der Waals surface area contributed by atoms with Gasteiger partial charge in [0.15, 0.2) is 0 Å². The number of rotatable bonds is 11. The Balaban J connectivity index is 0.000000114. The first-order chi connectivity index (χ1) is 72.0. The molecule has 698 valence electrons. The van der Waals surface area contributed by atoms with Crippen molar-refractivity contribution in [3.05, 3.63) is 534 Å². The van der Waals surface area contributed by atoms with Crippen molar-refractivity contribution < 1.29 is 13.3 Å². The van der Waals surface area contributed by atoms with E-state index in [1.165, 1.54) is 197 Å². The highest BCUT2D eigenvalue weighted by molar-refractivity contribution is 6.31. The Labute approximate surface area is 859 Å². The van der Waals surface area contributed by atoms with Gasteiger partial charge in [0, 0.05) is 43.4 Å². The molecule has 27 aromatic carbocycles. The molecule has 0 aliphatic carbocycles. The predicted octanol–water partition coefficient (Wildman–Crippen LogP) is 42.5. The molecular weight excluding hydrogens is 1790 g/mol. The van der Waals surface area contributed by atoms with Gasteiger partial charge in [0.1, 0.15) is 33.5 Å². The molecule has 30 rings (SSSR count). The van der Waals surface area contributed by atoms with Crippen LogP contribution >= 0.6 is 0 Å². The summed E-state index contributed by atoms with van der Waals surface area (Å²) in [6.45, 7) is 0. The van der Waals surface area contributed by atoms with E-state index in [0.717, 1.165) is 99.2 Å². The standard InChI is InChI=1S/2C48H30O.C46H28O.3CH4/c1-3-12-31(13-4-1)34-24-26-38-39-27-25-36(30-46(39)49-45(38)29-34)48-42-19-9-7-17-40(42)47(41-18-8-10-20-43(41)48)35-23-22-33-16-11-21-37(44(33)28-35)32-14-5-2-6-15-32;1-3-15-31(16-4-1)33-27-28-41(35-20-8-7-19-34(33)35)46-37-22-9-11-24-39(37)47(40-25-12-10-23-38(40)46)43-30-29-42-36-21-13-14-26-44(36)49-48(42)45(43)32-17-5-2-6-18-32;1-2-14-29(15-3-1)43-40(27-26-39-34-20-12-13-25-42(34)47-46(39)43)44-35-21-8-10-23-37(35)45(38-24-11-9-22-36(38)44)41-28-30-16-4-5-17-31(30)32-18-6-7-19-33(32)41;;;/h2*1-30H;1-28H;3*1H4. The second-order valence-electron chi connectivity index (χ2n) is 37.9. The summed E-state index contributed by atoms with van der Waals surface area (Å²) in [6, 6.07) is 193. The predicted molar refractivity (Wildman–Crippen MR) is 636 cm³/mol. The van der Waals surface area contributed by atoms with Gasteiger partial charge in [-0.25, -0.2) is 0 Å². The van der Waals surface area contributed by atoms with E-state index in [1.54, 1.807) is 0 Å². The molecule has 0 saturated heterocycles. The average Bonchev–Trinajstić information content (AvgIpc) is 1.61. The highest BCUT2D eigenvalue weighted by Crippen LogP contribution is 2.55. The van der Waals surface area contributed by atoms with Crippen LogP contribution in [0.2, 0.25) is 0 Å². The molecule has 0 atom stereocenters. The Morgan fingerprint density at radius 2 is 0.378 bits per heavy atom. The third kappa shape index (κ3) is 15.0. The van der Waals surface area contributed by atoms with Crippen LogP contribution in [0.3, 0.4) is 0 Å². The zero-order valence-corrected chi connectivity index (χ0v) is 79.0. The van der Waals surface area contributed by atoms with Crippen molar-refractivity contribution in [3.8, 4) is 122 Å². The molecule has 30 aromatic rings. The van der Waals surface area contributed by atoms with Gasteiger partial charge in [-0.2, -0.15) is 0 Å². The average molecular weight is 1890 g/mol. The van der Waals surface area contributed by atoms with E-state index in [0.29, 0.717) is 0 Å². The van der Waals surface area contributed by atoms with Crippen molar-refractivity contribution in [2.24, 2.45) is 0 Å². The van der Waals surface area contributed by atoms with Gasteiger partial charge in [0.05, 0.1) is 0 Å². The number of hydrogen-bond donors (Lipinski definition) is 0. The van der Waals surface area contributed by atoms with Gasteiger partial charge in [-0.3, -0.25) is 0 Å². The lowest BCUT2D eigenvalue weighted by Gasteiger charge is -2.21. The highest BCUT2D eigenvalue weighted by atomic mass is 16.3. The minimum absolute atomic E-state index is 0. The quantitative estimate of drug-likeness (QED) is 0.0957. The maximum absolute atomic E-state index is 6.71. The van der Waals surface area contributed by atoms with E-state index in [9.17, 15) is 0 Å². The van der Waals surface area contributed by atoms with Crippen LogP contribution in [0, 0.1) is 0 Å². The van der Waals surface area contributed by atoms with E-state index in [1.807, 2.05) is 18.2 Å². The van der Waals surface area contributed by atoms with Crippen molar-refractivity contribution in [3.63, 3.8) is 0 Å². The van der Waals surface area contributed by atoms with Crippen molar-refractivity contribution in [1.29, 1.82) is 0 Å². The van der Waals surface area contributed by atoms with Crippen LogP contribution in [0.4, 0.5) is 0 Å². The van der Waals surface area contributed by atoms with Crippen LogP contribution in [0.15, 0.2) is 547 Å². The third-order valence-electron chi connectivity index (χ3n) is 30.0. The Hall–Kier alpha value is -19.1. The summed E-state index contributed by atoms with van der Waals surface area (Å²) in [5.74, 6) is 0. The zero-order valence-electron chi connectivity index (χ0n) is 79.0. The van der Waals surface area contributed by atoms with Crippen molar-refractivity contribution in [1.82, 2.24) is 0 Å². The first-order valence-corrected chi connectivity index (χ1v) is 49.9. The van der Waals surface area contributed by atoms with Gasteiger partial charge in [-0.1, -0.05) is 495 Å². The van der Waals surface area contributed by atoms with E-state index in [4.69, 9.17) is 13.3 Å². The molecule has 0 spiro atoms. The number of fused-ring (bicyclic) bond motifs is 20. The summed E-state index contributed by atoms with van der Waals surface area (Å²) in [7, 11) is 0. The Morgan fingerprint density at radius 1 is 0.101 bits per heavy atom. The minimum atomic E-state index is 0. The molecule has 3 aromatic heterocycles. The largest absolute Gasteiger partial charge is 0.456 e. The number of benzene rings is 27. The summed E-state index contributed by atoms with van der Waals surface area (Å²) in [5, 5.41) is 31.7. The van der Waals surface area contributed by atoms with Crippen molar-refractivity contribution in [2.75, 3.05) is 0 Å². The van der Waals surface area contributed by atoms with Gasteiger partial charge in [-0.15, -0.1) is 0 Å². The van der Waals surface area contributed by atoms with Crippen LogP contribution < -0.4 is 0 Å². The molecule has 3 nitrogen and oxygen atoms in total. The number of para-hydroxylation sites is 2. The van der Waals surface area contributed by atoms with Crippen molar-refractivity contribution in [2.45, 2.75) is 22.3 Å². The SMILES string of the molecule is C.C.C.c1ccc(-c2c(-c3c4ccccc4c(-c4cc5ccccc5c5ccccc45)c4ccccc34)ccc3c2oc2ccccc23)cc1.c1ccc(-c2ccc(-c3c4ccccc4c(-c4ccc5c(oc6ccccc65)c4-c4ccccc4)c4ccccc34)c3ccccc23)cc1.c1ccc(-c2ccc3c(c2)oc2cc(-c4c5ccccc5c(-c5ccc6cccc(-c7ccccc7)c6c5)c5ccccc45)ccc23)cc1. The molecular formula is C145H100O3. The highest BCUT2D eigenvalue weighted by Gasteiger charge is 2.29. The molecule has 0 amide bonds. The molecule has 0 aliphatic heterocycles. The molecule has 0 saturated carbocycles. The van der Waals surface area contributed by atoms with Crippen molar-refractivity contribution >= 4 is 174 Å². The maximum Gasteiger partial charge on any atom is 0.143 e. The first-order valence-electron chi connectivity index (χ1n) is 49.9. The molecule has 0 fully saturated rings. The Morgan fingerprint density at radius 3 is 0.818 bits per heavy atom. The lowest BCUT2D eigenvalue weighted by atomic mass is 9.82. The van der Waals surface area contributed by atoms with E-state index in [-0.39, 0.29) is 22.3 Å². The molecule has 0 bridgehead atoms. The normalized spacial score (nSPS) is 11.5. The second-order valence-corrected chi connectivity index (χ2v) is 37.9. The molecule has 0 aliphatic rings. The van der Waals surface area contributed by atoms with Crippen LogP contribution in [0.25, 0.3) is 296 Å². The molecule has 3 heteroatoms. The van der Waals surface area contributed by atoms with Gasteiger partial charge in [-0.05, 0) is 280 Å². The second kappa shape index (κ2) is 37.7. The Bertz CT molecular complexity index is 10300. The van der Waals surface area contributed by atoms with Gasteiger partial charge in [0.2, 0.25) is 0 Å². The third-order valence-corrected chi connectivity index (χ3v) is 30.0. The summed E-state index contributed by atoms with van der Waals surface area (Å²) < 4.78 is 20.0. The van der Waals surface area contributed by atoms with E-state index < -0.39 is 0 Å². The molecule has 0 unspecified atom stereocenters. The van der Waals surface area contributed by atoms with Gasteiger partial charge in [0.25, 0.3) is 0 Å². The fraction of sp³-hybridized carbons (Fsp3) is 0.0207. The van der Waals surface area contributed by atoms with Crippen LogP contribution in [0.1, 0.15) is 22.3 Å². The lowest BCUT2D eigenvalue weighted by Crippen LogP contribution is -1.94. The van der Waals surface area contributed by atoms with Gasteiger partial charge >= 0.3 is 0 Å². The monoisotopic (exact) mass is 1890 g/mol. The molecule has 3 heterocycles. The summed E-state index contributed by atoms with van der Waals surface area (Å²) in [5.41, 5.74) is 32.0. The summed E-state index contributed by atoms with van der Waals surface area (Å²) in [4.78, 5) is 0. The molecule has 0 radical (unpaired) electrons. The maximum atomic E-state index is 6.71. The fourth-order valence-corrected chi connectivity index (χ4v) is 23.6. The van der Waals surface area contributed by atoms with Gasteiger partial charge < -0.3 is 13.3 Å². The number of furan rings is 3. The zero-order chi connectivity index (χ0) is 95.5. The minimum Gasteiger partial charge on any atom is -0.456 e. The van der Waals surface area contributed by atoms with Crippen LogP contribution in [-0.2, 0) is 0 Å². The van der Waals surface area contributed by atoms with E-state index >= 15 is 0 Å². The summed E-state index contributed by atoms with van der Waals surface area (Å²) in [6.07, 6.45) is 0. The molecule has 148 heavy (non-hydrogen) atoms. The summed E-state index contributed by atoms with van der Waals surface area (Å²) >= 11 is 0. The fourth-order valence-electron chi connectivity index (χ4n) is 23.6. The first kappa shape index (κ1) is 90.2. The number of hydrogen-bond acceptors (Lipinski definition) is 3. The topological polar surface area (TPSA) is 39.4 Å². The van der Waals surface area contributed by atoms with Crippen LogP contribution in [-0.4, -0.2) is 0 Å². The smallest absolute Gasteiger partial charge is 0.143 e. The molecule has 0 N–H and O–H groups in total. The van der Waals surface area contributed by atoms with E-state index in [2.05, 4.69) is 516 Å². The lowest BCUT2D eigenvalue weighted by molar-refractivity contribution is 0.669. The van der Waals surface area contributed by atoms with Crippen LogP contribution in [0.5, 0.6) is 0 Å². The Kier molecular flexibility index (Phi) is 23.0.